The van der Waals surface area contributed by atoms with E-state index in [0.29, 0.717) is 36.6 Å². The molecular formula is C28H32F4N4O4S. The summed E-state index contributed by atoms with van der Waals surface area (Å²) in [6.07, 6.45) is 0.0204. The molecule has 2 fully saturated rings. The zero-order valence-corrected chi connectivity index (χ0v) is 23.4. The van der Waals surface area contributed by atoms with Crippen LogP contribution in [0.15, 0.2) is 36.0 Å². The summed E-state index contributed by atoms with van der Waals surface area (Å²) in [5.41, 5.74) is -0.522. The Morgan fingerprint density at radius 2 is 1.90 bits per heavy atom. The number of carbonyl (C=O) groups is 2. The average molecular weight is 597 g/mol. The molecule has 8 nitrogen and oxygen atoms in total. The smallest absolute Gasteiger partial charge is 0.342 e. The number of alkyl halides is 3. The highest BCUT2D eigenvalue weighted by Crippen LogP contribution is 2.40. The molecule has 2 heterocycles. The maximum atomic E-state index is 15.4. The average Bonchev–Trinajstić information content (AvgIpc) is 3.79. The van der Waals surface area contributed by atoms with Gasteiger partial charge in [0.15, 0.2) is 0 Å². The van der Waals surface area contributed by atoms with Gasteiger partial charge in [0, 0.05) is 36.7 Å². The Morgan fingerprint density at radius 1 is 1.17 bits per heavy atom. The van der Waals surface area contributed by atoms with E-state index in [1.807, 2.05) is 4.72 Å². The number of carbonyl (C=O) groups excluding carboxylic acids is 2. The van der Waals surface area contributed by atoms with Crippen molar-refractivity contribution in [1.82, 2.24) is 19.8 Å². The number of rotatable bonds is 11. The minimum atomic E-state index is -4.24. The Labute approximate surface area is 235 Å². The third-order valence-electron chi connectivity index (χ3n) is 7.77. The lowest BCUT2D eigenvalue weighted by Crippen LogP contribution is -2.51. The quantitative estimate of drug-likeness (QED) is 0.226. The predicted molar refractivity (Wildman–Crippen MR) is 142 cm³/mol. The number of sulfonamides is 1. The minimum absolute atomic E-state index is 0.0484. The molecular weight excluding hydrogens is 564 g/mol. The van der Waals surface area contributed by atoms with Gasteiger partial charge in [0.2, 0.25) is 10.0 Å². The summed E-state index contributed by atoms with van der Waals surface area (Å²) in [5.74, 6) is -2.06. The maximum Gasteiger partial charge on any atom is 0.389 e. The van der Waals surface area contributed by atoms with Gasteiger partial charge in [-0.05, 0) is 75.5 Å². The molecule has 1 aromatic carbocycles. The Morgan fingerprint density at radius 3 is 2.54 bits per heavy atom. The number of hydrogen-bond donors (Lipinski definition) is 2. The number of halogens is 4. The zero-order chi connectivity index (χ0) is 29.6. The van der Waals surface area contributed by atoms with Crippen LogP contribution < -0.4 is 10.0 Å². The van der Waals surface area contributed by atoms with Crippen molar-refractivity contribution in [1.29, 1.82) is 0 Å². The van der Waals surface area contributed by atoms with Crippen molar-refractivity contribution in [2.45, 2.75) is 88.2 Å². The molecule has 3 aliphatic rings. The van der Waals surface area contributed by atoms with E-state index in [4.69, 9.17) is 0 Å². The minimum Gasteiger partial charge on any atom is -0.342 e. The Kier molecular flexibility index (Phi) is 7.77. The SMILES string of the molecule is C[C@@]1(c2ccc(CCCCC(F)(F)F)cc2F)CC(c2ccn(CC3CC3)n2)=C(C(=O)NS(=O)(=O)C2CC2)C(=O)N1. The summed E-state index contributed by atoms with van der Waals surface area (Å²) in [5, 5.41) is 6.58. The number of aryl methyl sites for hydroxylation is 1. The van der Waals surface area contributed by atoms with Gasteiger partial charge in [-0.3, -0.25) is 14.3 Å². The molecule has 222 valence electrons. The first-order valence-corrected chi connectivity index (χ1v) is 15.3. The summed E-state index contributed by atoms with van der Waals surface area (Å²) in [6.45, 7) is 2.27. The predicted octanol–water partition coefficient (Wildman–Crippen LogP) is 4.50. The molecule has 2 N–H and O–H groups in total. The van der Waals surface area contributed by atoms with E-state index < -0.39 is 51.0 Å². The third kappa shape index (κ3) is 6.99. The van der Waals surface area contributed by atoms with Crippen LogP contribution in [0, 0.1) is 11.7 Å². The van der Waals surface area contributed by atoms with Gasteiger partial charge in [0.05, 0.1) is 16.5 Å². The number of benzene rings is 1. The highest BCUT2D eigenvalue weighted by atomic mass is 32.2. The first kappa shape index (κ1) is 29.3. The van der Waals surface area contributed by atoms with Crippen molar-refractivity contribution in [3.8, 4) is 0 Å². The molecule has 1 atom stereocenters. The lowest BCUT2D eigenvalue weighted by molar-refractivity contribution is -0.135. The molecule has 2 aromatic rings. The summed E-state index contributed by atoms with van der Waals surface area (Å²) in [7, 11) is -3.94. The van der Waals surface area contributed by atoms with Crippen molar-refractivity contribution in [3.05, 3.63) is 58.7 Å². The van der Waals surface area contributed by atoms with Crippen molar-refractivity contribution < 1.29 is 35.6 Å². The van der Waals surface area contributed by atoms with E-state index in [9.17, 15) is 31.2 Å². The van der Waals surface area contributed by atoms with Crippen LogP contribution in [0.2, 0.25) is 0 Å². The van der Waals surface area contributed by atoms with Crippen molar-refractivity contribution >= 4 is 27.4 Å². The van der Waals surface area contributed by atoms with Crippen LogP contribution in [0.3, 0.4) is 0 Å². The largest absolute Gasteiger partial charge is 0.389 e. The van der Waals surface area contributed by atoms with Crippen LogP contribution in [0.25, 0.3) is 5.57 Å². The Balaban J connectivity index is 1.42. The molecule has 2 amide bonds. The number of amides is 2. The lowest BCUT2D eigenvalue weighted by atomic mass is 9.79. The second kappa shape index (κ2) is 10.9. The summed E-state index contributed by atoms with van der Waals surface area (Å²) < 4.78 is 81.4. The van der Waals surface area contributed by atoms with Gasteiger partial charge in [-0.2, -0.15) is 18.3 Å². The standard InChI is InChI=1S/C28H32F4N4O4S/c1-27(21-10-7-17(14-22(21)29)4-2-3-12-28(30,31)32)15-20(23-11-13-36(34-23)16-18-5-6-18)24(25(37)33-27)26(38)35-41(39,40)19-8-9-19/h7,10-11,13-14,18-19H,2-6,8-9,12,15-16H2,1H3,(H,33,37)(H,35,38)/t27-/m0/s1. The molecule has 1 aliphatic heterocycles. The zero-order valence-electron chi connectivity index (χ0n) is 22.6. The molecule has 0 saturated heterocycles. The van der Waals surface area contributed by atoms with Crippen LogP contribution in [-0.4, -0.2) is 41.4 Å². The summed E-state index contributed by atoms with van der Waals surface area (Å²) >= 11 is 0. The fourth-order valence-corrected chi connectivity index (χ4v) is 6.49. The second-order valence-electron chi connectivity index (χ2n) is 11.5. The molecule has 0 spiro atoms. The number of nitrogens with zero attached hydrogens (tertiary/aromatic N) is 2. The van der Waals surface area contributed by atoms with E-state index in [-0.39, 0.29) is 42.4 Å². The third-order valence-corrected chi connectivity index (χ3v) is 9.59. The normalized spacial score (nSPS) is 21.6. The van der Waals surface area contributed by atoms with E-state index in [1.54, 1.807) is 29.9 Å². The number of aromatic nitrogens is 2. The van der Waals surface area contributed by atoms with Crippen LogP contribution in [0.1, 0.15) is 75.1 Å². The van der Waals surface area contributed by atoms with Gasteiger partial charge in [0.1, 0.15) is 11.4 Å². The monoisotopic (exact) mass is 596 g/mol. The summed E-state index contributed by atoms with van der Waals surface area (Å²) in [4.78, 5) is 26.6. The Hall–Kier alpha value is -3.22. The van der Waals surface area contributed by atoms with E-state index in [2.05, 4.69) is 10.4 Å². The van der Waals surface area contributed by atoms with Crippen molar-refractivity contribution in [3.63, 3.8) is 0 Å². The molecule has 0 unspecified atom stereocenters. The van der Waals surface area contributed by atoms with E-state index >= 15 is 4.39 Å². The molecule has 13 heteroatoms. The molecule has 2 aliphatic carbocycles. The fourth-order valence-electron chi connectivity index (χ4n) is 5.20. The van der Waals surface area contributed by atoms with Crippen molar-refractivity contribution in [2.24, 2.45) is 5.92 Å². The van der Waals surface area contributed by atoms with Gasteiger partial charge in [-0.25, -0.2) is 17.5 Å². The van der Waals surface area contributed by atoms with Gasteiger partial charge in [-0.15, -0.1) is 0 Å². The van der Waals surface area contributed by atoms with Gasteiger partial charge >= 0.3 is 6.18 Å². The molecule has 41 heavy (non-hydrogen) atoms. The Bertz CT molecular complexity index is 1490. The number of hydrogen-bond acceptors (Lipinski definition) is 5. The molecule has 0 bridgehead atoms. The first-order valence-electron chi connectivity index (χ1n) is 13.8. The van der Waals surface area contributed by atoms with E-state index in [1.165, 1.54) is 12.1 Å². The second-order valence-corrected chi connectivity index (χ2v) is 13.5. The number of nitrogens with one attached hydrogen (secondary N) is 2. The molecule has 2 saturated carbocycles. The van der Waals surface area contributed by atoms with Gasteiger partial charge in [0.25, 0.3) is 11.8 Å². The van der Waals surface area contributed by atoms with Gasteiger partial charge in [-0.1, -0.05) is 12.1 Å². The number of unbranched alkanes of at least 4 members (excludes halogenated alkanes) is 1. The van der Waals surface area contributed by atoms with Crippen LogP contribution in [-0.2, 0) is 38.1 Å². The van der Waals surface area contributed by atoms with Crippen LogP contribution in [0.4, 0.5) is 17.6 Å². The van der Waals surface area contributed by atoms with Gasteiger partial charge < -0.3 is 5.32 Å². The molecule has 0 radical (unpaired) electrons. The fraction of sp³-hybridized carbons (Fsp3) is 0.536. The molecule has 5 rings (SSSR count). The van der Waals surface area contributed by atoms with Crippen LogP contribution >= 0.6 is 0 Å². The highest BCUT2D eigenvalue weighted by Gasteiger charge is 2.44. The maximum absolute atomic E-state index is 15.4. The first-order chi connectivity index (χ1) is 19.2. The van der Waals surface area contributed by atoms with Crippen LogP contribution in [0.5, 0.6) is 0 Å². The topological polar surface area (TPSA) is 110 Å². The lowest BCUT2D eigenvalue weighted by Gasteiger charge is -2.37. The van der Waals surface area contributed by atoms with E-state index in [0.717, 1.165) is 12.8 Å². The molecule has 1 aromatic heterocycles. The highest BCUT2D eigenvalue weighted by molar-refractivity contribution is 7.91. The summed E-state index contributed by atoms with van der Waals surface area (Å²) in [6, 6.07) is 6.00. The van der Waals surface area contributed by atoms with Crippen molar-refractivity contribution in [2.75, 3.05) is 0 Å².